The second-order valence-electron chi connectivity index (χ2n) is 11.4. The average molecular weight is 562 g/mol. The second kappa shape index (κ2) is 9.86. The predicted molar refractivity (Wildman–Crippen MR) is 184 cm³/mol. The van der Waals surface area contributed by atoms with Gasteiger partial charge in [0.05, 0.1) is 11.0 Å². The van der Waals surface area contributed by atoms with Gasteiger partial charge < -0.3 is 8.98 Å². The summed E-state index contributed by atoms with van der Waals surface area (Å²) in [6.07, 6.45) is 0. The van der Waals surface area contributed by atoms with Crippen molar-refractivity contribution in [2.45, 2.75) is 0 Å². The Labute approximate surface area is 255 Å². The molecule has 44 heavy (non-hydrogen) atoms. The summed E-state index contributed by atoms with van der Waals surface area (Å²) in [7, 11) is 0. The first-order valence-corrected chi connectivity index (χ1v) is 15.0. The number of para-hydroxylation sites is 2. The van der Waals surface area contributed by atoms with E-state index in [4.69, 9.17) is 4.42 Å². The number of furan rings is 1. The molecular formula is C42H27NO. The normalized spacial score (nSPS) is 11.6. The molecule has 7 aromatic carbocycles. The number of fused-ring (bicyclic) bond motifs is 6. The molecule has 206 valence electrons. The highest BCUT2D eigenvalue weighted by Crippen LogP contribution is 2.38. The molecule has 0 amide bonds. The maximum Gasteiger partial charge on any atom is 0.135 e. The molecule has 2 heteroatoms. The van der Waals surface area contributed by atoms with E-state index >= 15 is 0 Å². The fourth-order valence-electron chi connectivity index (χ4n) is 6.67. The highest BCUT2D eigenvalue weighted by atomic mass is 16.3. The SMILES string of the molecule is c1ccc(-c2cccc(-c3cccc(-n4c5ccccc5c5cc(-c6ccc7oc8ccccc8c7c6)ccc54)c3)c2)cc1. The van der Waals surface area contributed by atoms with Crippen molar-refractivity contribution >= 4 is 43.7 Å². The lowest BCUT2D eigenvalue weighted by atomic mass is 9.99. The van der Waals surface area contributed by atoms with Gasteiger partial charge in [0.25, 0.3) is 0 Å². The van der Waals surface area contributed by atoms with E-state index in [1.54, 1.807) is 0 Å². The van der Waals surface area contributed by atoms with Crippen molar-refractivity contribution in [1.29, 1.82) is 0 Å². The Hall–Kier alpha value is -5.86. The summed E-state index contributed by atoms with van der Waals surface area (Å²) < 4.78 is 8.49. The number of nitrogens with zero attached hydrogens (tertiary/aromatic N) is 1. The number of hydrogen-bond donors (Lipinski definition) is 0. The van der Waals surface area contributed by atoms with Gasteiger partial charge in [0.1, 0.15) is 11.2 Å². The Bertz CT molecular complexity index is 2500. The standard InChI is InChI=1S/C42H27NO/c1-2-10-28(11-3-1)29-12-8-13-30(24-29)31-14-9-15-34(25-31)43-39-18-6-4-16-35(39)37-26-32(20-22-40(37)43)33-21-23-42-38(27-33)36-17-5-7-19-41(36)44-42/h1-27H. The van der Waals surface area contributed by atoms with Crippen LogP contribution in [0.5, 0.6) is 0 Å². The topological polar surface area (TPSA) is 18.1 Å². The van der Waals surface area contributed by atoms with Gasteiger partial charge in [0.2, 0.25) is 0 Å². The molecule has 0 aliphatic carbocycles. The first-order chi connectivity index (χ1) is 21.8. The van der Waals surface area contributed by atoms with Crippen LogP contribution < -0.4 is 0 Å². The first-order valence-electron chi connectivity index (χ1n) is 15.0. The first kappa shape index (κ1) is 24.7. The summed E-state index contributed by atoms with van der Waals surface area (Å²) in [5.74, 6) is 0. The van der Waals surface area contributed by atoms with Crippen molar-refractivity contribution in [3.63, 3.8) is 0 Å². The molecule has 0 unspecified atom stereocenters. The minimum atomic E-state index is 0.918. The van der Waals surface area contributed by atoms with Gasteiger partial charge in [-0.15, -0.1) is 0 Å². The van der Waals surface area contributed by atoms with Crippen molar-refractivity contribution in [2.75, 3.05) is 0 Å². The van der Waals surface area contributed by atoms with Gasteiger partial charge in [-0.05, 0) is 88.0 Å². The maximum absolute atomic E-state index is 6.09. The maximum atomic E-state index is 6.09. The highest BCUT2D eigenvalue weighted by molar-refractivity contribution is 6.11. The van der Waals surface area contributed by atoms with E-state index in [1.807, 2.05) is 12.1 Å². The number of benzene rings is 7. The van der Waals surface area contributed by atoms with Gasteiger partial charge in [0.15, 0.2) is 0 Å². The van der Waals surface area contributed by atoms with Crippen LogP contribution in [0.2, 0.25) is 0 Å². The molecule has 0 bridgehead atoms. The van der Waals surface area contributed by atoms with Crippen molar-refractivity contribution in [2.24, 2.45) is 0 Å². The van der Waals surface area contributed by atoms with Crippen molar-refractivity contribution in [3.8, 4) is 39.1 Å². The van der Waals surface area contributed by atoms with Crippen LogP contribution in [-0.2, 0) is 0 Å². The van der Waals surface area contributed by atoms with E-state index in [9.17, 15) is 0 Å². The quantitative estimate of drug-likeness (QED) is 0.209. The van der Waals surface area contributed by atoms with E-state index in [0.29, 0.717) is 0 Å². The van der Waals surface area contributed by atoms with Gasteiger partial charge in [-0.25, -0.2) is 0 Å². The highest BCUT2D eigenvalue weighted by Gasteiger charge is 2.15. The molecular weight excluding hydrogens is 534 g/mol. The average Bonchev–Trinajstić information content (AvgIpc) is 3.64. The van der Waals surface area contributed by atoms with Crippen molar-refractivity contribution < 1.29 is 4.42 Å². The zero-order chi connectivity index (χ0) is 29.0. The van der Waals surface area contributed by atoms with E-state index in [1.165, 1.54) is 55.2 Å². The summed E-state index contributed by atoms with van der Waals surface area (Å²) >= 11 is 0. The summed E-state index contributed by atoms with van der Waals surface area (Å²) in [6, 6.07) is 58.6. The van der Waals surface area contributed by atoms with Crippen LogP contribution in [0.15, 0.2) is 168 Å². The molecule has 0 saturated carbocycles. The molecule has 0 saturated heterocycles. The van der Waals surface area contributed by atoms with Gasteiger partial charge in [-0.3, -0.25) is 0 Å². The van der Waals surface area contributed by atoms with Gasteiger partial charge >= 0.3 is 0 Å². The monoisotopic (exact) mass is 561 g/mol. The molecule has 2 aromatic heterocycles. The van der Waals surface area contributed by atoms with Crippen LogP contribution in [0, 0.1) is 0 Å². The van der Waals surface area contributed by atoms with E-state index in [0.717, 1.165) is 27.6 Å². The zero-order valence-electron chi connectivity index (χ0n) is 23.9. The van der Waals surface area contributed by atoms with E-state index in [2.05, 4.69) is 156 Å². The molecule has 0 N–H and O–H groups in total. The summed E-state index contributed by atoms with van der Waals surface area (Å²) in [5, 5.41) is 4.78. The van der Waals surface area contributed by atoms with Crippen molar-refractivity contribution in [3.05, 3.63) is 164 Å². The Morgan fingerprint density at radius 2 is 0.886 bits per heavy atom. The number of aromatic nitrogens is 1. The van der Waals surface area contributed by atoms with Crippen LogP contribution >= 0.6 is 0 Å². The Morgan fingerprint density at radius 1 is 0.318 bits per heavy atom. The lowest BCUT2D eigenvalue weighted by Crippen LogP contribution is -1.94. The van der Waals surface area contributed by atoms with Gasteiger partial charge in [0, 0.05) is 27.2 Å². The number of rotatable bonds is 4. The molecule has 0 spiro atoms. The third-order valence-electron chi connectivity index (χ3n) is 8.79. The van der Waals surface area contributed by atoms with Crippen LogP contribution in [0.3, 0.4) is 0 Å². The Balaban J connectivity index is 1.18. The van der Waals surface area contributed by atoms with Crippen LogP contribution in [-0.4, -0.2) is 4.57 Å². The van der Waals surface area contributed by atoms with Gasteiger partial charge in [-0.2, -0.15) is 0 Å². The summed E-state index contributed by atoms with van der Waals surface area (Å²) in [6.45, 7) is 0. The van der Waals surface area contributed by atoms with Crippen LogP contribution in [0.4, 0.5) is 0 Å². The molecule has 2 heterocycles. The fraction of sp³-hybridized carbons (Fsp3) is 0. The molecule has 0 radical (unpaired) electrons. The molecule has 0 fully saturated rings. The zero-order valence-corrected chi connectivity index (χ0v) is 23.9. The Kier molecular flexibility index (Phi) is 5.54. The molecule has 0 atom stereocenters. The fourth-order valence-corrected chi connectivity index (χ4v) is 6.67. The molecule has 0 aliphatic heterocycles. The second-order valence-corrected chi connectivity index (χ2v) is 11.4. The summed E-state index contributed by atoms with van der Waals surface area (Å²) in [4.78, 5) is 0. The molecule has 9 aromatic rings. The minimum Gasteiger partial charge on any atom is -0.456 e. The van der Waals surface area contributed by atoms with Gasteiger partial charge in [-0.1, -0.05) is 109 Å². The largest absolute Gasteiger partial charge is 0.456 e. The summed E-state index contributed by atoms with van der Waals surface area (Å²) in [5.41, 5.74) is 12.6. The Morgan fingerprint density at radius 3 is 1.75 bits per heavy atom. The predicted octanol–water partition coefficient (Wildman–Crippen LogP) is 11.7. The van der Waals surface area contributed by atoms with Crippen LogP contribution in [0.25, 0.3) is 82.8 Å². The van der Waals surface area contributed by atoms with E-state index < -0.39 is 0 Å². The molecule has 0 aliphatic rings. The third-order valence-corrected chi connectivity index (χ3v) is 8.79. The number of hydrogen-bond acceptors (Lipinski definition) is 1. The van der Waals surface area contributed by atoms with Crippen molar-refractivity contribution in [1.82, 2.24) is 4.57 Å². The lowest BCUT2D eigenvalue weighted by molar-refractivity contribution is 0.669. The smallest absolute Gasteiger partial charge is 0.135 e. The minimum absolute atomic E-state index is 0.918. The van der Waals surface area contributed by atoms with Crippen LogP contribution in [0.1, 0.15) is 0 Å². The lowest BCUT2D eigenvalue weighted by Gasteiger charge is -2.11. The molecule has 2 nitrogen and oxygen atoms in total. The third kappa shape index (κ3) is 3.96. The van der Waals surface area contributed by atoms with E-state index in [-0.39, 0.29) is 0 Å². The molecule has 9 rings (SSSR count).